The lowest BCUT2D eigenvalue weighted by Crippen LogP contribution is -2.19. The summed E-state index contributed by atoms with van der Waals surface area (Å²) in [6, 6.07) is 8.52. The zero-order valence-corrected chi connectivity index (χ0v) is 17.6. The summed E-state index contributed by atoms with van der Waals surface area (Å²) >= 11 is 0. The molecule has 0 spiro atoms. The lowest BCUT2D eigenvalue weighted by Gasteiger charge is -2.14. The van der Waals surface area contributed by atoms with Crippen molar-refractivity contribution in [2.45, 2.75) is 27.3 Å². The predicted molar refractivity (Wildman–Crippen MR) is 112 cm³/mol. The maximum Gasteiger partial charge on any atom is 0.272 e. The van der Waals surface area contributed by atoms with Crippen molar-refractivity contribution in [1.29, 1.82) is 0 Å². The number of ether oxygens (including phenoxy) is 2. The first-order valence-electron chi connectivity index (χ1n) is 9.40. The molecule has 0 aliphatic heterocycles. The van der Waals surface area contributed by atoms with Crippen LogP contribution >= 0.6 is 0 Å². The molecule has 7 heteroatoms. The Morgan fingerprint density at radius 3 is 2.30 bits per heavy atom. The summed E-state index contributed by atoms with van der Waals surface area (Å²) in [6.07, 6.45) is 0. The van der Waals surface area contributed by atoms with Gasteiger partial charge in [0.25, 0.3) is 5.91 Å². The van der Waals surface area contributed by atoms with Gasteiger partial charge in [-0.3, -0.25) is 4.79 Å². The minimum absolute atomic E-state index is 0.112. The van der Waals surface area contributed by atoms with E-state index in [0.717, 1.165) is 22.9 Å². The molecule has 0 bridgehead atoms. The third kappa shape index (κ3) is 4.01. The number of halogens is 2. The van der Waals surface area contributed by atoms with E-state index < -0.39 is 11.6 Å². The van der Waals surface area contributed by atoms with Crippen LogP contribution in [-0.4, -0.2) is 24.7 Å². The molecule has 0 aliphatic carbocycles. The molecule has 2 aromatic carbocycles. The largest absolute Gasteiger partial charge is 0.493 e. The molecule has 0 atom stereocenters. The van der Waals surface area contributed by atoms with Crippen molar-refractivity contribution >= 4 is 11.6 Å². The van der Waals surface area contributed by atoms with E-state index in [1.54, 1.807) is 22.8 Å². The molecule has 0 aliphatic rings. The van der Waals surface area contributed by atoms with Crippen molar-refractivity contribution in [3.8, 4) is 11.5 Å². The third-order valence-corrected chi connectivity index (χ3v) is 5.34. The maximum atomic E-state index is 14.2. The van der Waals surface area contributed by atoms with Crippen LogP contribution in [0.3, 0.4) is 0 Å². The number of rotatable bonds is 6. The molecule has 5 nitrogen and oxygen atoms in total. The second kappa shape index (κ2) is 8.57. The van der Waals surface area contributed by atoms with Gasteiger partial charge in [-0.05, 0) is 50.1 Å². The quantitative estimate of drug-likeness (QED) is 0.617. The maximum absolute atomic E-state index is 14.2. The zero-order valence-electron chi connectivity index (χ0n) is 17.6. The first-order valence-corrected chi connectivity index (χ1v) is 9.40. The van der Waals surface area contributed by atoms with E-state index in [2.05, 4.69) is 5.32 Å². The first-order chi connectivity index (χ1) is 14.3. The van der Waals surface area contributed by atoms with Crippen LogP contribution in [0.25, 0.3) is 0 Å². The Kier molecular flexibility index (Phi) is 6.10. The van der Waals surface area contributed by atoms with Gasteiger partial charge in [-0.1, -0.05) is 6.07 Å². The fourth-order valence-corrected chi connectivity index (χ4v) is 3.44. The number of nitrogens with zero attached hydrogens (tertiary/aromatic N) is 1. The molecule has 3 rings (SSSR count). The molecule has 1 N–H and O–H groups in total. The van der Waals surface area contributed by atoms with Gasteiger partial charge >= 0.3 is 0 Å². The normalized spacial score (nSPS) is 10.8. The lowest BCUT2D eigenvalue weighted by atomic mass is 10.1. The van der Waals surface area contributed by atoms with Gasteiger partial charge in [-0.25, -0.2) is 8.78 Å². The van der Waals surface area contributed by atoms with Crippen LogP contribution in [0, 0.1) is 32.4 Å². The average molecular weight is 414 g/mol. The Labute approximate surface area is 174 Å². The van der Waals surface area contributed by atoms with Crippen LogP contribution in [0.15, 0.2) is 36.4 Å². The number of aromatic nitrogens is 1. The molecule has 0 radical (unpaired) electrons. The van der Waals surface area contributed by atoms with Gasteiger partial charge in [0.15, 0.2) is 11.5 Å². The predicted octanol–water partition coefficient (Wildman–Crippen LogP) is 5.01. The summed E-state index contributed by atoms with van der Waals surface area (Å²) < 4.78 is 39.7. The van der Waals surface area contributed by atoms with Gasteiger partial charge < -0.3 is 19.4 Å². The standard InChI is InChI=1S/C23H24F2N2O3/c1-13-14(2)22(23(28)26-18-8-9-20(29-4)21(11-18)30-5)27(15(13)3)12-16-6-7-17(24)10-19(16)25/h6-11H,12H2,1-5H3,(H,26,28). The van der Waals surface area contributed by atoms with Crippen LogP contribution in [0.1, 0.15) is 32.9 Å². The van der Waals surface area contributed by atoms with Crippen molar-refractivity contribution in [2.75, 3.05) is 19.5 Å². The minimum atomic E-state index is -0.648. The molecular formula is C23H24F2N2O3. The molecule has 0 unspecified atom stereocenters. The molecular weight excluding hydrogens is 390 g/mol. The van der Waals surface area contributed by atoms with Crippen LogP contribution < -0.4 is 14.8 Å². The highest BCUT2D eigenvalue weighted by Crippen LogP contribution is 2.31. The van der Waals surface area contributed by atoms with Crippen molar-refractivity contribution in [1.82, 2.24) is 4.57 Å². The van der Waals surface area contributed by atoms with Gasteiger partial charge in [0.2, 0.25) is 0 Å². The number of hydrogen-bond acceptors (Lipinski definition) is 3. The number of methoxy groups -OCH3 is 2. The Morgan fingerprint density at radius 2 is 1.67 bits per heavy atom. The Hall–Kier alpha value is -3.35. The fraction of sp³-hybridized carbons (Fsp3) is 0.261. The monoisotopic (exact) mass is 414 g/mol. The summed E-state index contributed by atoms with van der Waals surface area (Å²) in [5.41, 5.74) is 3.84. The molecule has 3 aromatic rings. The Balaban J connectivity index is 1.97. The average Bonchev–Trinajstić information content (AvgIpc) is 2.93. The lowest BCUT2D eigenvalue weighted by molar-refractivity contribution is 0.101. The van der Waals surface area contributed by atoms with E-state index >= 15 is 0 Å². The van der Waals surface area contributed by atoms with Gasteiger partial charge in [0, 0.05) is 29.1 Å². The first kappa shape index (κ1) is 21.4. The Bertz CT molecular complexity index is 1110. The molecule has 0 saturated carbocycles. The van der Waals surface area contributed by atoms with E-state index in [-0.39, 0.29) is 12.5 Å². The molecule has 1 heterocycles. The molecule has 0 fully saturated rings. The van der Waals surface area contributed by atoms with Crippen LogP contribution in [0.5, 0.6) is 11.5 Å². The van der Waals surface area contributed by atoms with E-state index in [0.29, 0.717) is 28.4 Å². The summed E-state index contributed by atoms with van der Waals surface area (Å²) in [4.78, 5) is 13.1. The molecule has 30 heavy (non-hydrogen) atoms. The number of carbonyl (C=O) groups excluding carboxylic acids is 1. The molecule has 1 aromatic heterocycles. The molecule has 158 valence electrons. The van der Waals surface area contributed by atoms with Gasteiger partial charge in [-0.2, -0.15) is 0 Å². The van der Waals surface area contributed by atoms with Crippen molar-refractivity contribution in [3.05, 3.63) is 76.1 Å². The summed E-state index contributed by atoms with van der Waals surface area (Å²) in [5.74, 6) is -0.584. The fourth-order valence-electron chi connectivity index (χ4n) is 3.44. The van der Waals surface area contributed by atoms with Crippen LogP contribution in [0.4, 0.5) is 14.5 Å². The zero-order chi connectivity index (χ0) is 22.0. The number of amides is 1. The Morgan fingerprint density at radius 1 is 0.967 bits per heavy atom. The van der Waals surface area contributed by atoms with Crippen molar-refractivity contribution < 1.29 is 23.0 Å². The highest BCUT2D eigenvalue weighted by atomic mass is 19.1. The van der Waals surface area contributed by atoms with Gasteiger partial charge in [0.1, 0.15) is 17.3 Å². The highest BCUT2D eigenvalue weighted by Gasteiger charge is 2.22. The molecule has 0 saturated heterocycles. The van der Waals surface area contributed by atoms with E-state index in [9.17, 15) is 13.6 Å². The van der Waals surface area contributed by atoms with E-state index in [1.165, 1.54) is 26.4 Å². The topological polar surface area (TPSA) is 52.5 Å². The van der Waals surface area contributed by atoms with Crippen molar-refractivity contribution in [2.24, 2.45) is 0 Å². The second-order valence-corrected chi connectivity index (χ2v) is 7.03. The SMILES string of the molecule is COc1ccc(NC(=O)c2c(C)c(C)c(C)n2Cc2ccc(F)cc2F)cc1OC. The number of carbonyl (C=O) groups is 1. The number of benzene rings is 2. The second-order valence-electron chi connectivity index (χ2n) is 7.03. The van der Waals surface area contributed by atoms with Crippen LogP contribution in [-0.2, 0) is 6.54 Å². The number of nitrogens with one attached hydrogen (secondary N) is 1. The smallest absolute Gasteiger partial charge is 0.272 e. The summed E-state index contributed by atoms with van der Waals surface area (Å²) in [5, 5.41) is 2.87. The minimum Gasteiger partial charge on any atom is -0.493 e. The summed E-state index contributed by atoms with van der Waals surface area (Å²) in [6.45, 7) is 5.75. The van der Waals surface area contributed by atoms with Crippen LogP contribution in [0.2, 0.25) is 0 Å². The highest BCUT2D eigenvalue weighted by molar-refractivity contribution is 6.04. The van der Waals surface area contributed by atoms with Gasteiger partial charge in [-0.15, -0.1) is 0 Å². The number of hydrogen-bond donors (Lipinski definition) is 1. The van der Waals surface area contributed by atoms with E-state index in [4.69, 9.17) is 9.47 Å². The third-order valence-electron chi connectivity index (χ3n) is 5.34. The van der Waals surface area contributed by atoms with Crippen molar-refractivity contribution in [3.63, 3.8) is 0 Å². The van der Waals surface area contributed by atoms with E-state index in [1.807, 2.05) is 20.8 Å². The number of anilines is 1. The molecule has 1 amide bonds. The van der Waals surface area contributed by atoms with Gasteiger partial charge in [0.05, 0.1) is 20.8 Å². The summed E-state index contributed by atoms with van der Waals surface area (Å²) in [7, 11) is 3.05.